The van der Waals surface area contributed by atoms with Crippen LogP contribution in [0, 0.1) is 0 Å². The zero-order valence-electron chi connectivity index (χ0n) is 14.8. The lowest BCUT2D eigenvalue weighted by atomic mass is 10.1. The summed E-state index contributed by atoms with van der Waals surface area (Å²) in [6.45, 7) is 8.54. The molecule has 0 bridgehead atoms. The van der Waals surface area contributed by atoms with E-state index in [0.29, 0.717) is 0 Å². The van der Waals surface area contributed by atoms with E-state index in [1.54, 1.807) is 0 Å². The van der Waals surface area contributed by atoms with Crippen molar-refractivity contribution in [3.05, 3.63) is 60.3 Å². The standard InChI is InChI=1S/C22H27NS/c1-4-7-9-17-11-13-19-21(15-17)24-22-16-18(10-8-5-2)12-14-20(22)23(19)6-3/h6,11-16H,3-5,7-10H2,1-2H3. The Hall–Kier alpha value is -1.67. The molecule has 3 rings (SSSR count). The predicted octanol–water partition coefficient (Wildman–Crippen LogP) is 7.12. The van der Waals surface area contributed by atoms with Crippen LogP contribution in [0.5, 0.6) is 0 Å². The van der Waals surface area contributed by atoms with Crippen molar-refractivity contribution in [2.45, 2.75) is 62.2 Å². The quantitative estimate of drug-likeness (QED) is 0.529. The van der Waals surface area contributed by atoms with E-state index in [9.17, 15) is 0 Å². The van der Waals surface area contributed by atoms with Gasteiger partial charge in [-0.05, 0) is 61.1 Å². The molecule has 2 heteroatoms. The maximum atomic E-state index is 4.04. The highest BCUT2D eigenvalue weighted by Gasteiger charge is 2.22. The SMILES string of the molecule is C=CN1c2ccc(CCCC)cc2Sc2cc(CCCC)ccc21. The maximum Gasteiger partial charge on any atom is 0.0595 e. The predicted molar refractivity (Wildman–Crippen MR) is 107 cm³/mol. The van der Waals surface area contributed by atoms with Gasteiger partial charge in [-0.1, -0.05) is 57.2 Å². The van der Waals surface area contributed by atoms with Gasteiger partial charge in [0.15, 0.2) is 0 Å². The lowest BCUT2D eigenvalue weighted by molar-refractivity contribution is 0.792. The molecule has 126 valence electrons. The highest BCUT2D eigenvalue weighted by atomic mass is 32.2. The maximum absolute atomic E-state index is 4.04. The first-order valence-electron chi connectivity index (χ1n) is 9.12. The highest BCUT2D eigenvalue weighted by Crippen LogP contribution is 2.49. The molecular weight excluding hydrogens is 310 g/mol. The first-order chi connectivity index (χ1) is 11.8. The molecule has 0 atom stereocenters. The van der Waals surface area contributed by atoms with Crippen LogP contribution in [0.15, 0.2) is 59.0 Å². The van der Waals surface area contributed by atoms with Gasteiger partial charge in [0.1, 0.15) is 0 Å². The lowest BCUT2D eigenvalue weighted by Crippen LogP contribution is -2.13. The molecule has 2 aromatic carbocycles. The number of hydrogen-bond acceptors (Lipinski definition) is 2. The van der Waals surface area contributed by atoms with E-state index >= 15 is 0 Å². The third-order valence-corrected chi connectivity index (χ3v) is 5.70. The van der Waals surface area contributed by atoms with E-state index in [1.807, 2.05) is 18.0 Å². The molecule has 1 heterocycles. The molecule has 0 saturated heterocycles. The van der Waals surface area contributed by atoms with Crippen LogP contribution in [0.2, 0.25) is 0 Å². The van der Waals surface area contributed by atoms with Gasteiger partial charge in [-0.15, -0.1) is 0 Å². The van der Waals surface area contributed by atoms with Crippen LogP contribution in [-0.4, -0.2) is 0 Å². The van der Waals surface area contributed by atoms with Crippen LogP contribution < -0.4 is 4.90 Å². The molecule has 2 aromatic rings. The number of fused-ring (bicyclic) bond motifs is 2. The van der Waals surface area contributed by atoms with E-state index in [0.717, 1.165) is 0 Å². The number of hydrogen-bond donors (Lipinski definition) is 0. The van der Waals surface area contributed by atoms with Gasteiger partial charge in [-0.25, -0.2) is 0 Å². The molecule has 24 heavy (non-hydrogen) atoms. The summed E-state index contributed by atoms with van der Waals surface area (Å²) in [5.74, 6) is 0. The van der Waals surface area contributed by atoms with E-state index in [1.165, 1.54) is 70.8 Å². The Labute approximate surface area is 150 Å². The molecular formula is C22H27NS. The normalized spacial score (nSPS) is 12.7. The number of nitrogens with zero attached hydrogens (tertiary/aromatic N) is 1. The summed E-state index contributed by atoms with van der Waals surface area (Å²) >= 11 is 1.91. The summed E-state index contributed by atoms with van der Waals surface area (Å²) < 4.78 is 0. The van der Waals surface area contributed by atoms with Crippen molar-refractivity contribution >= 4 is 23.1 Å². The van der Waals surface area contributed by atoms with Crippen LogP contribution in [-0.2, 0) is 12.8 Å². The smallest absolute Gasteiger partial charge is 0.0595 e. The molecule has 1 aliphatic heterocycles. The average Bonchev–Trinajstić information content (AvgIpc) is 2.62. The molecule has 0 amide bonds. The minimum atomic E-state index is 1.17. The van der Waals surface area contributed by atoms with E-state index < -0.39 is 0 Å². The summed E-state index contributed by atoms with van der Waals surface area (Å²) in [5, 5.41) is 0. The number of unbranched alkanes of at least 4 members (excludes halogenated alkanes) is 2. The summed E-state index contributed by atoms with van der Waals surface area (Å²) in [6, 6.07) is 13.8. The van der Waals surface area contributed by atoms with E-state index in [4.69, 9.17) is 0 Å². The summed E-state index contributed by atoms with van der Waals surface area (Å²) in [4.78, 5) is 4.93. The average molecular weight is 338 g/mol. The number of aryl methyl sites for hydroxylation is 2. The minimum Gasteiger partial charge on any atom is -0.315 e. The van der Waals surface area contributed by atoms with Gasteiger partial charge in [0, 0.05) is 16.0 Å². The minimum absolute atomic E-state index is 1.17. The monoisotopic (exact) mass is 337 g/mol. The molecule has 0 radical (unpaired) electrons. The zero-order valence-corrected chi connectivity index (χ0v) is 15.7. The van der Waals surface area contributed by atoms with Gasteiger partial charge in [-0.3, -0.25) is 0 Å². The first-order valence-corrected chi connectivity index (χ1v) is 9.94. The van der Waals surface area contributed by atoms with Crippen molar-refractivity contribution in [2.24, 2.45) is 0 Å². The van der Waals surface area contributed by atoms with Gasteiger partial charge >= 0.3 is 0 Å². The van der Waals surface area contributed by atoms with Crippen LogP contribution in [0.1, 0.15) is 50.7 Å². The molecule has 0 aliphatic carbocycles. The molecule has 0 aromatic heterocycles. The second kappa shape index (κ2) is 7.94. The third kappa shape index (κ3) is 3.54. The van der Waals surface area contributed by atoms with Crippen molar-refractivity contribution in [1.29, 1.82) is 0 Å². The van der Waals surface area contributed by atoms with Crippen LogP contribution in [0.3, 0.4) is 0 Å². The fourth-order valence-corrected chi connectivity index (χ4v) is 4.40. The number of anilines is 2. The van der Waals surface area contributed by atoms with Gasteiger partial charge in [-0.2, -0.15) is 0 Å². The molecule has 0 spiro atoms. The van der Waals surface area contributed by atoms with Gasteiger partial charge in [0.05, 0.1) is 11.4 Å². The topological polar surface area (TPSA) is 3.24 Å². The molecule has 0 unspecified atom stereocenters. The second-order valence-corrected chi connectivity index (χ2v) is 7.55. The molecule has 1 nitrogen and oxygen atoms in total. The lowest BCUT2D eigenvalue weighted by Gasteiger charge is -2.30. The Bertz CT molecular complexity index is 662. The Kier molecular flexibility index (Phi) is 5.68. The van der Waals surface area contributed by atoms with Crippen molar-refractivity contribution < 1.29 is 0 Å². The zero-order chi connectivity index (χ0) is 16.9. The number of rotatable bonds is 7. The van der Waals surface area contributed by atoms with Crippen LogP contribution >= 0.6 is 11.8 Å². The van der Waals surface area contributed by atoms with E-state index in [-0.39, 0.29) is 0 Å². The third-order valence-electron chi connectivity index (χ3n) is 4.61. The van der Waals surface area contributed by atoms with E-state index in [2.05, 4.69) is 61.7 Å². The Morgan fingerprint density at radius 3 is 1.79 bits per heavy atom. The van der Waals surface area contributed by atoms with Crippen molar-refractivity contribution in [2.75, 3.05) is 4.90 Å². The molecule has 0 saturated carbocycles. The summed E-state index contributed by atoms with van der Waals surface area (Å²) in [7, 11) is 0. The van der Waals surface area contributed by atoms with Crippen molar-refractivity contribution in [3.8, 4) is 0 Å². The van der Waals surface area contributed by atoms with Crippen LogP contribution in [0.4, 0.5) is 11.4 Å². The van der Waals surface area contributed by atoms with Gasteiger partial charge < -0.3 is 4.90 Å². The Balaban J connectivity index is 1.93. The largest absolute Gasteiger partial charge is 0.315 e. The summed E-state index contributed by atoms with van der Waals surface area (Å²) in [6.07, 6.45) is 9.27. The summed E-state index contributed by atoms with van der Waals surface area (Å²) in [5.41, 5.74) is 5.39. The highest BCUT2D eigenvalue weighted by molar-refractivity contribution is 7.99. The Morgan fingerprint density at radius 2 is 1.38 bits per heavy atom. The second-order valence-electron chi connectivity index (χ2n) is 6.47. The van der Waals surface area contributed by atoms with Crippen molar-refractivity contribution in [1.82, 2.24) is 0 Å². The molecule has 1 aliphatic rings. The Morgan fingerprint density at radius 1 is 0.875 bits per heavy atom. The fraction of sp³-hybridized carbons (Fsp3) is 0.364. The van der Waals surface area contributed by atoms with Crippen molar-refractivity contribution in [3.63, 3.8) is 0 Å². The van der Waals surface area contributed by atoms with Gasteiger partial charge in [0.25, 0.3) is 0 Å². The fourth-order valence-electron chi connectivity index (χ4n) is 3.20. The first kappa shape index (κ1) is 17.2. The molecule has 0 N–H and O–H groups in total. The number of benzene rings is 2. The van der Waals surface area contributed by atoms with Crippen LogP contribution in [0.25, 0.3) is 0 Å². The van der Waals surface area contributed by atoms with Gasteiger partial charge in [0.2, 0.25) is 0 Å². The molecule has 0 fully saturated rings.